The first kappa shape index (κ1) is 20.7. The third kappa shape index (κ3) is 5.51. The smallest absolute Gasteiger partial charge is 0.269 e. The number of nitro benzene ring substituents is 1. The molecule has 3 aromatic rings. The van der Waals surface area contributed by atoms with Crippen LogP contribution >= 0.6 is 15.9 Å². The van der Waals surface area contributed by atoms with Crippen molar-refractivity contribution in [3.05, 3.63) is 104 Å². The molecule has 0 bridgehead atoms. The number of halogens is 1. The summed E-state index contributed by atoms with van der Waals surface area (Å²) in [6.07, 6.45) is 1.20. The molecule has 0 fully saturated rings. The standard InChI is InChI=1S/C23H21BrN2O3/c1-2-16-3-5-18(6-4-16)23(27)15-22(17-7-9-19(24)10-8-17)25-20-11-13-21(14-12-20)26(28)29/h3-14,22,25H,2,15H2,1H3/t22-/m1/s1. The van der Waals surface area contributed by atoms with Gasteiger partial charge in [-0.25, -0.2) is 0 Å². The molecule has 0 amide bonds. The quantitative estimate of drug-likeness (QED) is 0.245. The van der Waals surface area contributed by atoms with E-state index in [1.807, 2.05) is 48.5 Å². The van der Waals surface area contributed by atoms with Gasteiger partial charge in [-0.1, -0.05) is 59.3 Å². The lowest BCUT2D eigenvalue weighted by molar-refractivity contribution is -0.384. The molecule has 0 radical (unpaired) electrons. The third-order valence-corrected chi connectivity index (χ3v) is 5.29. The molecule has 29 heavy (non-hydrogen) atoms. The summed E-state index contributed by atoms with van der Waals surface area (Å²) in [6.45, 7) is 2.08. The van der Waals surface area contributed by atoms with Crippen molar-refractivity contribution in [2.75, 3.05) is 5.32 Å². The first-order valence-corrected chi connectivity index (χ1v) is 10.1. The van der Waals surface area contributed by atoms with Gasteiger partial charge in [0.25, 0.3) is 5.69 Å². The predicted octanol–water partition coefficient (Wildman–Crippen LogP) is 6.35. The highest BCUT2D eigenvalue weighted by molar-refractivity contribution is 9.10. The Morgan fingerprint density at radius 3 is 2.17 bits per heavy atom. The van der Waals surface area contributed by atoms with Crippen LogP contribution in [0, 0.1) is 10.1 Å². The number of anilines is 1. The molecule has 0 saturated heterocycles. The number of hydrogen-bond donors (Lipinski definition) is 1. The number of benzene rings is 3. The number of ketones is 1. The van der Waals surface area contributed by atoms with Crippen molar-refractivity contribution >= 4 is 33.1 Å². The summed E-state index contributed by atoms with van der Waals surface area (Å²) in [6, 6.07) is 21.4. The number of nitrogens with zero attached hydrogens (tertiary/aromatic N) is 1. The van der Waals surface area contributed by atoms with E-state index < -0.39 is 4.92 Å². The van der Waals surface area contributed by atoms with Crippen LogP contribution in [0.15, 0.2) is 77.3 Å². The monoisotopic (exact) mass is 452 g/mol. The van der Waals surface area contributed by atoms with Crippen LogP contribution in [0.4, 0.5) is 11.4 Å². The molecule has 148 valence electrons. The van der Waals surface area contributed by atoms with E-state index in [0.29, 0.717) is 5.56 Å². The van der Waals surface area contributed by atoms with Crippen molar-refractivity contribution in [3.8, 4) is 0 Å². The van der Waals surface area contributed by atoms with Gasteiger partial charge in [0.15, 0.2) is 5.78 Å². The van der Waals surface area contributed by atoms with Crippen molar-refractivity contribution in [3.63, 3.8) is 0 Å². The minimum atomic E-state index is -0.431. The number of rotatable bonds is 8. The van der Waals surface area contributed by atoms with Crippen LogP contribution in [-0.4, -0.2) is 10.7 Å². The third-order valence-electron chi connectivity index (χ3n) is 4.77. The Morgan fingerprint density at radius 1 is 1.00 bits per heavy atom. The van der Waals surface area contributed by atoms with Crippen LogP contribution in [0.3, 0.4) is 0 Å². The number of nitro groups is 1. The van der Waals surface area contributed by atoms with E-state index >= 15 is 0 Å². The van der Waals surface area contributed by atoms with Gasteiger partial charge in [0.05, 0.1) is 11.0 Å². The highest BCUT2D eigenvalue weighted by atomic mass is 79.9. The lowest BCUT2D eigenvalue weighted by Crippen LogP contribution is -2.16. The topological polar surface area (TPSA) is 72.2 Å². The number of carbonyl (C=O) groups excluding carboxylic acids is 1. The Bertz CT molecular complexity index is 984. The lowest BCUT2D eigenvalue weighted by Gasteiger charge is -2.20. The fourth-order valence-electron chi connectivity index (χ4n) is 3.06. The maximum atomic E-state index is 12.9. The number of Topliss-reactive ketones (excluding diaryl/α,β-unsaturated/α-hetero) is 1. The van der Waals surface area contributed by atoms with Gasteiger partial charge < -0.3 is 5.32 Å². The zero-order valence-electron chi connectivity index (χ0n) is 16.0. The normalized spacial score (nSPS) is 11.7. The lowest BCUT2D eigenvalue weighted by atomic mass is 9.97. The first-order chi connectivity index (χ1) is 14.0. The fraction of sp³-hybridized carbons (Fsp3) is 0.174. The fourth-order valence-corrected chi connectivity index (χ4v) is 3.32. The number of aryl methyl sites for hydroxylation is 1. The van der Waals surface area contributed by atoms with E-state index in [-0.39, 0.29) is 23.9 Å². The molecule has 3 aromatic carbocycles. The minimum absolute atomic E-state index is 0.0304. The van der Waals surface area contributed by atoms with Crippen LogP contribution in [0.2, 0.25) is 0 Å². The molecule has 0 spiro atoms. The molecule has 3 rings (SSSR count). The van der Waals surface area contributed by atoms with Crippen molar-refractivity contribution in [2.24, 2.45) is 0 Å². The molecule has 0 aliphatic heterocycles. The van der Waals surface area contributed by atoms with Crippen molar-refractivity contribution < 1.29 is 9.72 Å². The van der Waals surface area contributed by atoms with Crippen molar-refractivity contribution in [1.29, 1.82) is 0 Å². The average Bonchev–Trinajstić information content (AvgIpc) is 2.74. The van der Waals surface area contributed by atoms with Crippen LogP contribution in [0.25, 0.3) is 0 Å². The molecule has 0 unspecified atom stereocenters. The summed E-state index contributed by atoms with van der Waals surface area (Å²) in [5.74, 6) is 0.0370. The minimum Gasteiger partial charge on any atom is -0.378 e. The maximum absolute atomic E-state index is 12.9. The van der Waals surface area contributed by atoms with Gasteiger partial charge in [-0.3, -0.25) is 14.9 Å². The van der Waals surface area contributed by atoms with Gasteiger partial charge in [0, 0.05) is 34.3 Å². The Morgan fingerprint density at radius 2 is 1.62 bits per heavy atom. The molecule has 0 aliphatic carbocycles. The zero-order chi connectivity index (χ0) is 20.8. The Kier molecular flexibility index (Phi) is 6.77. The molecular weight excluding hydrogens is 432 g/mol. The summed E-state index contributed by atoms with van der Waals surface area (Å²) < 4.78 is 0.955. The molecule has 0 saturated carbocycles. The summed E-state index contributed by atoms with van der Waals surface area (Å²) >= 11 is 3.43. The molecule has 0 aromatic heterocycles. The van der Waals surface area contributed by atoms with Gasteiger partial charge in [-0.05, 0) is 41.8 Å². The van der Waals surface area contributed by atoms with Crippen molar-refractivity contribution in [2.45, 2.75) is 25.8 Å². The van der Waals surface area contributed by atoms with Gasteiger partial charge in [0.1, 0.15) is 0 Å². The SMILES string of the molecule is CCc1ccc(C(=O)C[C@@H](Nc2ccc([N+](=O)[O-])cc2)c2ccc(Br)cc2)cc1. The second-order valence-electron chi connectivity index (χ2n) is 6.73. The van der Waals surface area contributed by atoms with Crippen molar-refractivity contribution in [1.82, 2.24) is 0 Å². The van der Waals surface area contributed by atoms with Gasteiger partial charge >= 0.3 is 0 Å². The molecule has 0 heterocycles. The van der Waals surface area contributed by atoms with E-state index in [9.17, 15) is 14.9 Å². The number of nitrogens with one attached hydrogen (secondary N) is 1. The molecule has 0 aliphatic rings. The molecular formula is C23H21BrN2O3. The van der Waals surface area contributed by atoms with Gasteiger partial charge in [-0.15, -0.1) is 0 Å². The molecule has 5 nitrogen and oxygen atoms in total. The summed E-state index contributed by atoms with van der Waals surface area (Å²) in [5.41, 5.74) is 3.58. The number of non-ortho nitro benzene ring substituents is 1. The second kappa shape index (κ2) is 9.47. The predicted molar refractivity (Wildman–Crippen MR) is 118 cm³/mol. The highest BCUT2D eigenvalue weighted by Crippen LogP contribution is 2.27. The Balaban J connectivity index is 1.83. The van der Waals surface area contributed by atoms with Crippen LogP contribution in [-0.2, 0) is 6.42 Å². The number of carbonyl (C=O) groups is 1. The Labute approximate surface area is 178 Å². The van der Waals surface area contributed by atoms with E-state index in [0.717, 1.165) is 22.1 Å². The maximum Gasteiger partial charge on any atom is 0.269 e. The molecule has 6 heteroatoms. The highest BCUT2D eigenvalue weighted by Gasteiger charge is 2.18. The van der Waals surface area contributed by atoms with Crippen LogP contribution in [0.1, 0.15) is 40.9 Å². The average molecular weight is 453 g/mol. The Hall–Kier alpha value is -2.99. The summed E-state index contributed by atoms with van der Waals surface area (Å²) in [7, 11) is 0. The van der Waals surface area contributed by atoms with Gasteiger partial charge in [-0.2, -0.15) is 0 Å². The molecule has 1 atom stereocenters. The van der Waals surface area contributed by atoms with Gasteiger partial charge in [0.2, 0.25) is 0 Å². The van der Waals surface area contributed by atoms with Crippen LogP contribution < -0.4 is 5.32 Å². The van der Waals surface area contributed by atoms with Crippen LogP contribution in [0.5, 0.6) is 0 Å². The molecule has 1 N–H and O–H groups in total. The van der Waals surface area contributed by atoms with E-state index in [2.05, 4.69) is 28.2 Å². The first-order valence-electron chi connectivity index (χ1n) is 9.35. The van der Waals surface area contributed by atoms with E-state index in [1.165, 1.54) is 17.7 Å². The zero-order valence-corrected chi connectivity index (χ0v) is 17.6. The largest absolute Gasteiger partial charge is 0.378 e. The van der Waals surface area contributed by atoms with E-state index in [1.54, 1.807) is 12.1 Å². The van der Waals surface area contributed by atoms with E-state index in [4.69, 9.17) is 0 Å². The number of hydrogen-bond acceptors (Lipinski definition) is 4. The summed E-state index contributed by atoms with van der Waals surface area (Å²) in [5, 5.41) is 14.2. The second-order valence-corrected chi connectivity index (χ2v) is 7.65. The summed E-state index contributed by atoms with van der Waals surface area (Å²) in [4.78, 5) is 23.3.